The molecule has 0 aliphatic rings. The van der Waals surface area contributed by atoms with Crippen LogP contribution in [0.2, 0.25) is 0 Å². The highest BCUT2D eigenvalue weighted by atomic mass is 16.2. The zero-order valence-corrected chi connectivity index (χ0v) is 9.66. The van der Waals surface area contributed by atoms with Crippen molar-refractivity contribution < 1.29 is 4.79 Å². The Hall–Kier alpha value is -2.37. The molecule has 0 aliphatic heterocycles. The van der Waals surface area contributed by atoms with Gasteiger partial charge in [-0.3, -0.25) is 4.79 Å². The Morgan fingerprint density at radius 3 is 2.53 bits per heavy atom. The van der Waals surface area contributed by atoms with Gasteiger partial charge >= 0.3 is 0 Å². The second-order valence-corrected chi connectivity index (χ2v) is 3.77. The maximum absolute atomic E-state index is 11.7. The molecule has 0 fully saturated rings. The number of carbonyl (C=O) groups excluding carboxylic acids is 1. The van der Waals surface area contributed by atoms with E-state index >= 15 is 0 Å². The lowest BCUT2D eigenvalue weighted by Crippen LogP contribution is -2.23. The van der Waals surface area contributed by atoms with Crippen LogP contribution in [-0.2, 0) is 0 Å². The molecule has 2 aromatic rings. The molecule has 6 nitrogen and oxygen atoms in total. The van der Waals surface area contributed by atoms with Crippen LogP contribution in [0.5, 0.6) is 0 Å². The molecule has 1 aromatic heterocycles. The van der Waals surface area contributed by atoms with Gasteiger partial charge < -0.3 is 10.6 Å². The van der Waals surface area contributed by atoms with Gasteiger partial charge in [-0.05, 0) is 12.1 Å². The third-order valence-electron chi connectivity index (χ3n) is 2.31. The van der Waals surface area contributed by atoms with E-state index in [0.717, 1.165) is 5.69 Å². The quantitative estimate of drug-likeness (QED) is 0.818. The smallest absolute Gasteiger partial charge is 0.277 e. The molecule has 1 aromatic carbocycles. The lowest BCUT2D eigenvalue weighted by Gasteiger charge is -2.08. The molecule has 1 amide bonds. The Bertz CT molecular complexity index is 532. The number of rotatable bonds is 2. The minimum absolute atomic E-state index is 0.166. The Labute approximate surface area is 98.6 Å². The highest BCUT2D eigenvalue weighted by Crippen LogP contribution is 2.15. The largest absolute Gasteiger partial charge is 0.382 e. The number of aromatic nitrogens is 3. The molecular weight excluding hydrogens is 218 g/mol. The van der Waals surface area contributed by atoms with Crippen molar-refractivity contribution in [1.82, 2.24) is 19.9 Å². The molecule has 0 bridgehead atoms. The third-order valence-corrected chi connectivity index (χ3v) is 2.31. The van der Waals surface area contributed by atoms with E-state index in [9.17, 15) is 4.79 Å². The number of para-hydroxylation sites is 1. The van der Waals surface area contributed by atoms with Crippen LogP contribution in [0.15, 0.2) is 30.3 Å². The van der Waals surface area contributed by atoms with Gasteiger partial charge in [-0.1, -0.05) is 23.4 Å². The standard InChI is InChI=1S/C11H13N5O/c1-15(2)11(17)9-10(12)16(14-13-9)8-6-4-3-5-7-8/h3-7H,12H2,1-2H3. The topological polar surface area (TPSA) is 77.0 Å². The Kier molecular flexibility index (Phi) is 2.78. The number of hydrogen-bond donors (Lipinski definition) is 1. The molecule has 1 heterocycles. The maximum atomic E-state index is 11.7. The number of nitrogen functional groups attached to an aromatic ring is 1. The lowest BCUT2D eigenvalue weighted by atomic mass is 10.3. The summed E-state index contributed by atoms with van der Waals surface area (Å²) in [5.41, 5.74) is 6.80. The first-order valence-electron chi connectivity index (χ1n) is 5.09. The van der Waals surface area contributed by atoms with E-state index in [2.05, 4.69) is 10.3 Å². The molecule has 17 heavy (non-hydrogen) atoms. The Balaban J connectivity index is 2.44. The average molecular weight is 231 g/mol. The van der Waals surface area contributed by atoms with Gasteiger partial charge in [-0.2, -0.15) is 4.68 Å². The average Bonchev–Trinajstić information content (AvgIpc) is 2.71. The number of hydrogen-bond acceptors (Lipinski definition) is 4. The molecule has 0 unspecified atom stereocenters. The molecule has 0 saturated heterocycles. The van der Waals surface area contributed by atoms with Crippen LogP contribution in [0, 0.1) is 0 Å². The summed E-state index contributed by atoms with van der Waals surface area (Å²) in [6.07, 6.45) is 0. The van der Waals surface area contributed by atoms with Gasteiger partial charge in [0.15, 0.2) is 11.5 Å². The van der Waals surface area contributed by atoms with Crippen LogP contribution < -0.4 is 5.73 Å². The number of anilines is 1. The fourth-order valence-corrected chi connectivity index (χ4v) is 1.41. The Morgan fingerprint density at radius 2 is 1.94 bits per heavy atom. The molecule has 0 radical (unpaired) electrons. The van der Waals surface area contributed by atoms with Crippen LogP contribution in [0.4, 0.5) is 5.82 Å². The molecule has 88 valence electrons. The predicted molar refractivity (Wildman–Crippen MR) is 63.8 cm³/mol. The number of benzene rings is 1. The highest BCUT2D eigenvalue weighted by Gasteiger charge is 2.19. The normalized spacial score (nSPS) is 10.2. The Morgan fingerprint density at radius 1 is 1.29 bits per heavy atom. The van der Waals surface area contributed by atoms with E-state index in [1.165, 1.54) is 9.58 Å². The molecule has 0 saturated carbocycles. The van der Waals surface area contributed by atoms with Gasteiger partial charge in [0.2, 0.25) is 0 Å². The van der Waals surface area contributed by atoms with Gasteiger partial charge in [0, 0.05) is 14.1 Å². The fraction of sp³-hybridized carbons (Fsp3) is 0.182. The van der Waals surface area contributed by atoms with Crippen LogP contribution in [0.1, 0.15) is 10.5 Å². The summed E-state index contributed by atoms with van der Waals surface area (Å²) in [6.45, 7) is 0. The number of nitrogens with zero attached hydrogens (tertiary/aromatic N) is 4. The van der Waals surface area contributed by atoms with Crippen molar-refractivity contribution in [3.05, 3.63) is 36.0 Å². The first-order chi connectivity index (χ1) is 8.11. The molecule has 0 aliphatic carbocycles. The molecule has 2 N–H and O–H groups in total. The van der Waals surface area contributed by atoms with Crippen molar-refractivity contribution in [2.24, 2.45) is 0 Å². The van der Waals surface area contributed by atoms with Crippen molar-refractivity contribution in [3.63, 3.8) is 0 Å². The van der Waals surface area contributed by atoms with Gasteiger partial charge in [0.25, 0.3) is 5.91 Å². The molecular formula is C11H13N5O. The summed E-state index contributed by atoms with van der Waals surface area (Å²) in [6, 6.07) is 9.31. The monoisotopic (exact) mass is 231 g/mol. The zero-order valence-electron chi connectivity index (χ0n) is 9.66. The molecule has 0 spiro atoms. The zero-order chi connectivity index (χ0) is 12.4. The van der Waals surface area contributed by atoms with E-state index in [-0.39, 0.29) is 17.4 Å². The van der Waals surface area contributed by atoms with E-state index < -0.39 is 0 Å². The number of amides is 1. The second kappa shape index (κ2) is 4.25. The second-order valence-electron chi connectivity index (χ2n) is 3.77. The van der Waals surface area contributed by atoms with Crippen LogP contribution in [-0.4, -0.2) is 39.9 Å². The molecule has 2 rings (SSSR count). The number of nitrogens with two attached hydrogens (primary N) is 1. The predicted octanol–water partition coefficient (Wildman–Crippen LogP) is 0.551. The van der Waals surface area contributed by atoms with Crippen LogP contribution in [0.3, 0.4) is 0 Å². The summed E-state index contributed by atoms with van der Waals surface area (Å²) in [7, 11) is 3.28. The first-order valence-corrected chi connectivity index (χ1v) is 5.09. The summed E-state index contributed by atoms with van der Waals surface area (Å²) >= 11 is 0. The fourth-order valence-electron chi connectivity index (χ4n) is 1.41. The van der Waals surface area contributed by atoms with Crippen LogP contribution >= 0.6 is 0 Å². The van der Waals surface area contributed by atoms with Crippen molar-refractivity contribution in [2.75, 3.05) is 19.8 Å². The lowest BCUT2D eigenvalue weighted by molar-refractivity contribution is 0.0823. The summed E-state index contributed by atoms with van der Waals surface area (Å²) in [4.78, 5) is 13.2. The SMILES string of the molecule is CN(C)C(=O)c1nnn(-c2ccccc2)c1N. The van der Waals surface area contributed by atoms with Gasteiger partial charge in [-0.15, -0.1) is 5.10 Å². The van der Waals surface area contributed by atoms with Gasteiger partial charge in [0.1, 0.15) is 0 Å². The van der Waals surface area contributed by atoms with Crippen LogP contribution in [0.25, 0.3) is 5.69 Å². The van der Waals surface area contributed by atoms with E-state index in [0.29, 0.717) is 0 Å². The van der Waals surface area contributed by atoms with Crippen molar-refractivity contribution in [3.8, 4) is 5.69 Å². The maximum Gasteiger partial charge on any atom is 0.277 e. The van der Waals surface area contributed by atoms with E-state index in [1.807, 2.05) is 30.3 Å². The van der Waals surface area contributed by atoms with Gasteiger partial charge in [-0.25, -0.2) is 0 Å². The molecule has 0 atom stereocenters. The van der Waals surface area contributed by atoms with Gasteiger partial charge in [0.05, 0.1) is 5.69 Å². The van der Waals surface area contributed by atoms with Crippen molar-refractivity contribution in [2.45, 2.75) is 0 Å². The number of carbonyl (C=O) groups is 1. The minimum atomic E-state index is -0.260. The molecule has 6 heteroatoms. The summed E-state index contributed by atoms with van der Waals surface area (Å²) in [5, 5.41) is 7.69. The highest BCUT2D eigenvalue weighted by molar-refractivity contribution is 5.96. The van der Waals surface area contributed by atoms with E-state index in [1.54, 1.807) is 14.1 Å². The first kappa shape index (κ1) is 11.1. The summed E-state index contributed by atoms with van der Waals surface area (Å²) < 4.78 is 1.44. The van der Waals surface area contributed by atoms with Crippen molar-refractivity contribution in [1.29, 1.82) is 0 Å². The summed E-state index contributed by atoms with van der Waals surface area (Å²) in [5.74, 6) is -0.0143. The van der Waals surface area contributed by atoms with E-state index in [4.69, 9.17) is 5.73 Å². The third kappa shape index (κ3) is 1.96. The minimum Gasteiger partial charge on any atom is -0.382 e. The van der Waals surface area contributed by atoms with Crippen molar-refractivity contribution >= 4 is 11.7 Å².